The van der Waals surface area contributed by atoms with Crippen molar-refractivity contribution in [3.05, 3.63) is 40.2 Å². The van der Waals surface area contributed by atoms with E-state index in [4.69, 9.17) is 4.74 Å². The highest BCUT2D eigenvalue weighted by Crippen LogP contribution is 2.40. The number of aromatic nitrogens is 2. The van der Waals surface area contributed by atoms with Gasteiger partial charge in [-0.25, -0.2) is 18.2 Å². The molecule has 2 aromatic heterocycles. The molecule has 204 valence electrons. The predicted molar refractivity (Wildman–Crippen MR) is 126 cm³/mol. The van der Waals surface area contributed by atoms with Crippen LogP contribution >= 0.6 is 11.3 Å². The van der Waals surface area contributed by atoms with Crippen LogP contribution in [0.5, 0.6) is 5.19 Å². The fourth-order valence-corrected chi connectivity index (χ4v) is 5.96. The molecule has 1 aliphatic carbocycles. The number of halogens is 6. The Morgan fingerprint density at radius 3 is 2.65 bits per heavy atom. The lowest BCUT2D eigenvalue weighted by atomic mass is 9.76. The molecule has 5 nitrogen and oxygen atoms in total. The van der Waals surface area contributed by atoms with Crippen molar-refractivity contribution in [2.45, 2.75) is 69.6 Å². The Labute approximate surface area is 215 Å². The number of hydrogen-bond acceptors (Lipinski definition) is 6. The molecule has 2 aromatic rings. The molecule has 3 heterocycles. The molecule has 0 radical (unpaired) electrons. The van der Waals surface area contributed by atoms with E-state index >= 15 is 4.39 Å². The van der Waals surface area contributed by atoms with Crippen LogP contribution in [0.3, 0.4) is 0 Å². The number of ketones is 1. The van der Waals surface area contributed by atoms with Gasteiger partial charge in [-0.2, -0.15) is 13.2 Å². The van der Waals surface area contributed by atoms with E-state index in [1.807, 2.05) is 0 Å². The van der Waals surface area contributed by atoms with Gasteiger partial charge in [-0.3, -0.25) is 9.78 Å². The standard InChI is InChI=1S/C25H29F6N3O2S/c26-22(27)21-17(2-1-10-32-21)19(35)14-16-3-7-24(28,8-4-16)9-13-34-11-5-18-20(6-12-34)37-23(33-18)36-15-25(29,30)31/h1-2,10,16,22H,3-9,11-15H2. The summed E-state index contributed by atoms with van der Waals surface area (Å²) < 4.78 is 83.7. The highest BCUT2D eigenvalue weighted by molar-refractivity contribution is 7.13. The quantitative estimate of drug-likeness (QED) is 0.269. The van der Waals surface area contributed by atoms with Gasteiger partial charge in [0, 0.05) is 49.1 Å². The average Bonchev–Trinajstić information content (AvgIpc) is 3.15. The second-order valence-electron chi connectivity index (χ2n) is 9.80. The second kappa shape index (κ2) is 11.7. The van der Waals surface area contributed by atoms with Crippen molar-refractivity contribution in [1.29, 1.82) is 0 Å². The van der Waals surface area contributed by atoms with Crippen LogP contribution in [0.25, 0.3) is 0 Å². The van der Waals surface area contributed by atoms with Gasteiger partial charge in [-0.1, -0.05) is 11.3 Å². The monoisotopic (exact) mass is 549 g/mol. The van der Waals surface area contributed by atoms with E-state index < -0.39 is 30.6 Å². The number of carbonyl (C=O) groups is 1. The minimum atomic E-state index is -4.41. The number of ether oxygens (including phenoxy) is 1. The number of pyridine rings is 1. The summed E-state index contributed by atoms with van der Waals surface area (Å²) in [7, 11) is 0. The number of fused-ring (bicyclic) bond motifs is 1. The van der Waals surface area contributed by atoms with Crippen molar-refractivity contribution in [1.82, 2.24) is 14.9 Å². The topological polar surface area (TPSA) is 55.3 Å². The SMILES string of the molecule is O=C(CC1CCC(F)(CCN2CCc3nc(OCC(F)(F)F)sc3CC2)CC1)c1cccnc1C(F)F. The Hall–Kier alpha value is -2.21. The Balaban J connectivity index is 1.21. The van der Waals surface area contributed by atoms with Gasteiger partial charge in [0.2, 0.25) is 0 Å². The number of thiazole rings is 1. The molecule has 0 spiro atoms. The first-order valence-corrected chi connectivity index (χ1v) is 13.2. The minimum absolute atomic E-state index is 0.0303. The predicted octanol–water partition coefficient (Wildman–Crippen LogP) is 6.38. The maximum absolute atomic E-state index is 15.5. The largest absolute Gasteiger partial charge is 0.460 e. The van der Waals surface area contributed by atoms with Gasteiger partial charge >= 0.3 is 6.18 Å². The molecule has 1 saturated carbocycles. The van der Waals surface area contributed by atoms with Gasteiger partial charge in [0.25, 0.3) is 11.6 Å². The first-order chi connectivity index (χ1) is 17.5. The molecule has 0 aromatic carbocycles. The highest BCUT2D eigenvalue weighted by atomic mass is 32.1. The van der Waals surface area contributed by atoms with E-state index in [1.165, 1.54) is 18.3 Å². The number of carbonyl (C=O) groups excluding carboxylic acids is 1. The van der Waals surface area contributed by atoms with Crippen molar-refractivity contribution in [2.75, 3.05) is 26.2 Å². The molecule has 0 saturated heterocycles. The summed E-state index contributed by atoms with van der Waals surface area (Å²) >= 11 is 1.14. The normalized spacial score (nSPS) is 23.1. The minimum Gasteiger partial charge on any atom is -0.460 e. The summed E-state index contributed by atoms with van der Waals surface area (Å²) in [5, 5.41) is 0.0303. The molecule has 1 fully saturated rings. The molecule has 0 unspecified atom stereocenters. The second-order valence-corrected chi connectivity index (χ2v) is 10.8. The van der Waals surface area contributed by atoms with Gasteiger partial charge in [-0.15, -0.1) is 0 Å². The molecule has 12 heteroatoms. The van der Waals surface area contributed by atoms with E-state index in [1.54, 1.807) is 0 Å². The molecular weight excluding hydrogens is 520 g/mol. The Morgan fingerprint density at radius 2 is 1.95 bits per heavy atom. The Bertz CT molecular complexity index is 1040. The first-order valence-electron chi connectivity index (χ1n) is 12.4. The van der Waals surface area contributed by atoms with E-state index in [-0.39, 0.29) is 28.9 Å². The van der Waals surface area contributed by atoms with Gasteiger partial charge in [0.1, 0.15) is 11.4 Å². The van der Waals surface area contributed by atoms with Crippen LogP contribution in [0.4, 0.5) is 26.3 Å². The molecule has 37 heavy (non-hydrogen) atoms. The van der Waals surface area contributed by atoms with Crippen LogP contribution in [-0.2, 0) is 12.8 Å². The summed E-state index contributed by atoms with van der Waals surface area (Å²) in [6.45, 7) is 0.498. The van der Waals surface area contributed by atoms with E-state index in [2.05, 4.69) is 14.9 Å². The molecule has 0 N–H and O–H groups in total. The fourth-order valence-electron chi connectivity index (χ4n) is 5.02. The Kier molecular flexibility index (Phi) is 8.77. The summed E-state index contributed by atoms with van der Waals surface area (Å²) in [6.07, 6.45) is -2.65. The summed E-state index contributed by atoms with van der Waals surface area (Å²) in [5.41, 5.74) is -1.16. The zero-order valence-corrected chi connectivity index (χ0v) is 21.0. The van der Waals surface area contributed by atoms with E-state index in [9.17, 15) is 26.7 Å². The number of rotatable bonds is 9. The van der Waals surface area contributed by atoms with Crippen molar-refractivity contribution < 1.29 is 35.9 Å². The van der Waals surface area contributed by atoms with Crippen LogP contribution in [-0.4, -0.2) is 58.7 Å². The van der Waals surface area contributed by atoms with E-state index in [0.29, 0.717) is 64.6 Å². The lowest BCUT2D eigenvalue weighted by molar-refractivity contribution is -0.153. The molecule has 0 atom stereocenters. The van der Waals surface area contributed by atoms with Crippen molar-refractivity contribution in [3.8, 4) is 5.19 Å². The van der Waals surface area contributed by atoms with Gasteiger partial charge in [0.05, 0.1) is 5.69 Å². The highest BCUT2D eigenvalue weighted by Gasteiger charge is 2.37. The molecule has 0 amide bonds. The van der Waals surface area contributed by atoms with Crippen LogP contribution in [0.2, 0.25) is 0 Å². The summed E-state index contributed by atoms with van der Waals surface area (Å²) in [5.74, 6) is -0.423. The van der Waals surface area contributed by atoms with Crippen molar-refractivity contribution >= 4 is 17.1 Å². The Morgan fingerprint density at radius 1 is 1.22 bits per heavy atom. The maximum atomic E-state index is 15.5. The van der Waals surface area contributed by atoms with Crippen molar-refractivity contribution in [2.24, 2.45) is 5.92 Å². The van der Waals surface area contributed by atoms with Crippen LogP contribution in [0.15, 0.2) is 18.3 Å². The smallest absolute Gasteiger partial charge is 0.422 e. The van der Waals surface area contributed by atoms with E-state index in [0.717, 1.165) is 21.9 Å². The van der Waals surface area contributed by atoms with Crippen molar-refractivity contribution in [3.63, 3.8) is 0 Å². The zero-order valence-electron chi connectivity index (χ0n) is 20.2. The number of Topliss-reactive ketones (excluding diaryl/α,β-unsaturated/α-hetero) is 1. The van der Waals surface area contributed by atoms with Gasteiger partial charge in [-0.05, 0) is 56.6 Å². The average molecular weight is 550 g/mol. The zero-order chi connectivity index (χ0) is 26.6. The number of nitrogens with zero attached hydrogens (tertiary/aromatic N) is 3. The molecule has 2 aliphatic rings. The van der Waals surface area contributed by atoms with Gasteiger partial charge < -0.3 is 9.64 Å². The third-order valence-electron chi connectivity index (χ3n) is 7.13. The van der Waals surface area contributed by atoms with Gasteiger partial charge in [0.15, 0.2) is 12.4 Å². The lowest BCUT2D eigenvalue weighted by Crippen LogP contribution is -2.36. The van der Waals surface area contributed by atoms with Crippen LogP contribution in [0, 0.1) is 5.92 Å². The lowest BCUT2D eigenvalue weighted by Gasteiger charge is -2.35. The van der Waals surface area contributed by atoms with Crippen LogP contribution < -0.4 is 4.74 Å². The fraction of sp³-hybridized carbons (Fsp3) is 0.640. The molecule has 0 bridgehead atoms. The van der Waals surface area contributed by atoms with Crippen LogP contribution in [0.1, 0.15) is 71.6 Å². The third kappa shape index (κ3) is 7.66. The molecule has 1 aliphatic heterocycles. The molecule has 4 rings (SSSR count). The summed E-state index contributed by atoms with van der Waals surface area (Å²) in [4.78, 5) is 23.5. The first kappa shape index (κ1) is 27.8. The summed E-state index contributed by atoms with van der Waals surface area (Å²) in [6, 6.07) is 2.83. The maximum Gasteiger partial charge on any atom is 0.422 e. The number of hydrogen-bond donors (Lipinski definition) is 0. The third-order valence-corrected chi connectivity index (χ3v) is 8.20. The molecular formula is C25H29F6N3O2S. The number of alkyl halides is 6.